The molecule has 0 radical (unpaired) electrons. The fourth-order valence-corrected chi connectivity index (χ4v) is 4.41. The second-order valence-electron chi connectivity index (χ2n) is 10.3. The Labute approximate surface area is 225 Å². The summed E-state index contributed by atoms with van der Waals surface area (Å²) in [5.41, 5.74) is 12.9. The molecule has 1 fully saturated rings. The number of amides is 2. The smallest absolute Gasteiger partial charge is 0.325 e. The summed E-state index contributed by atoms with van der Waals surface area (Å²) in [6, 6.07) is 13.2. The SMILES string of the molecule is C=Cc1cccc([C@@H](C)OC(=O)[C@@H]2CCCN(C(=O)[C@H](Cc3cccc(C)c3)NC(=O)[C@@H](N)C(C)C)N2)c1. The highest BCUT2D eigenvalue weighted by molar-refractivity contribution is 5.90. The Morgan fingerprint density at radius 3 is 2.61 bits per heavy atom. The molecule has 1 saturated heterocycles. The summed E-state index contributed by atoms with van der Waals surface area (Å²) >= 11 is 0. The molecule has 4 N–H and O–H groups in total. The Balaban J connectivity index is 1.71. The molecule has 204 valence electrons. The monoisotopic (exact) mass is 520 g/mol. The zero-order valence-electron chi connectivity index (χ0n) is 22.8. The summed E-state index contributed by atoms with van der Waals surface area (Å²) in [5.74, 6) is -1.21. The third kappa shape index (κ3) is 7.76. The van der Waals surface area contributed by atoms with E-state index in [1.807, 2.05) is 76.2 Å². The molecule has 1 aliphatic rings. The van der Waals surface area contributed by atoms with Gasteiger partial charge < -0.3 is 15.8 Å². The Morgan fingerprint density at radius 2 is 1.92 bits per heavy atom. The van der Waals surface area contributed by atoms with Crippen LogP contribution >= 0.6 is 0 Å². The molecule has 1 aliphatic heterocycles. The first kappa shape index (κ1) is 29.1. The van der Waals surface area contributed by atoms with Crippen molar-refractivity contribution in [2.45, 2.75) is 71.2 Å². The highest BCUT2D eigenvalue weighted by Gasteiger charge is 2.34. The first-order valence-corrected chi connectivity index (χ1v) is 13.2. The third-order valence-corrected chi connectivity index (χ3v) is 6.80. The van der Waals surface area contributed by atoms with Crippen LogP contribution in [0.2, 0.25) is 0 Å². The van der Waals surface area contributed by atoms with Crippen LogP contribution in [0.3, 0.4) is 0 Å². The lowest BCUT2D eigenvalue weighted by Gasteiger charge is -2.35. The van der Waals surface area contributed by atoms with Crippen molar-refractivity contribution in [1.29, 1.82) is 0 Å². The van der Waals surface area contributed by atoms with Gasteiger partial charge in [-0.3, -0.25) is 19.4 Å². The van der Waals surface area contributed by atoms with Gasteiger partial charge in [0.15, 0.2) is 0 Å². The number of carbonyl (C=O) groups is 3. The quantitative estimate of drug-likeness (QED) is 0.414. The maximum Gasteiger partial charge on any atom is 0.325 e. The molecule has 0 aliphatic carbocycles. The first-order chi connectivity index (χ1) is 18.1. The maximum absolute atomic E-state index is 13.6. The molecule has 1 heterocycles. The van der Waals surface area contributed by atoms with Gasteiger partial charge in [0.2, 0.25) is 5.91 Å². The number of rotatable bonds is 10. The molecule has 38 heavy (non-hydrogen) atoms. The number of benzene rings is 2. The number of nitrogens with one attached hydrogen (secondary N) is 2. The standard InChI is InChI=1S/C30H40N4O4/c1-6-22-11-8-13-24(17-22)21(5)38-30(37)25-14-9-15-34(33-25)29(36)26(32-28(35)27(31)19(2)3)18-23-12-7-10-20(4)16-23/h6-8,10-13,16-17,19,21,25-27,33H,1,9,14-15,18,31H2,2-5H3,(H,32,35)/t21-,25+,26+,27+/m1/s1. The van der Waals surface area contributed by atoms with E-state index in [9.17, 15) is 14.4 Å². The van der Waals surface area contributed by atoms with E-state index in [0.29, 0.717) is 25.8 Å². The van der Waals surface area contributed by atoms with E-state index >= 15 is 0 Å². The zero-order valence-corrected chi connectivity index (χ0v) is 22.8. The molecule has 4 atom stereocenters. The predicted molar refractivity (Wildman–Crippen MR) is 149 cm³/mol. The van der Waals surface area contributed by atoms with Crippen molar-refractivity contribution in [3.63, 3.8) is 0 Å². The number of hydrogen-bond donors (Lipinski definition) is 3. The van der Waals surface area contributed by atoms with Crippen molar-refractivity contribution in [3.8, 4) is 0 Å². The van der Waals surface area contributed by atoms with E-state index in [1.165, 1.54) is 5.01 Å². The number of nitrogens with zero attached hydrogens (tertiary/aromatic N) is 1. The Bertz CT molecular complexity index is 1150. The number of hydrogen-bond acceptors (Lipinski definition) is 6. The van der Waals surface area contributed by atoms with Crippen LogP contribution in [0.5, 0.6) is 0 Å². The van der Waals surface area contributed by atoms with Gasteiger partial charge in [0.25, 0.3) is 5.91 Å². The van der Waals surface area contributed by atoms with E-state index in [1.54, 1.807) is 6.08 Å². The Hall–Kier alpha value is -3.49. The minimum Gasteiger partial charge on any atom is -0.457 e. The molecule has 8 heteroatoms. The van der Waals surface area contributed by atoms with Gasteiger partial charge in [-0.2, -0.15) is 0 Å². The second-order valence-corrected chi connectivity index (χ2v) is 10.3. The van der Waals surface area contributed by atoms with Gasteiger partial charge in [-0.25, -0.2) is 5.43 Å². The van der Waals surface area contributed by atoms with Gasteiger partial charge in [0.1, 0.15) is 18.2 Å². The predicted octanol–water partition coefficient (Wildman–Crippen LogP) is 3.45. The molecule has 0 saturated carbocycles. The molecule has 8 nitrogen and oxygen atoms in total. The first-order valence-electron chi connectivity index (χ1n) is 13.2. The topological polar surface area (TPSA) is 114 Å². The summed E-state index contributed by atoms with van der Waals surface area (Å²) in [6.07, 6.45) is 2.75. The van der Waals surface area contributed by atoms with Gasteiger partial charge >= 0.3 is 5.97 Å². The molecular weight excluding hydrogens is 480 g/mol. The van der Waals surface area contributed by atoms with Crippen molar-refractivity contribution >= 4 is 23.9 Å². The van der Waals surface area contributed by atoms with Crippen LogP contribution in [-0.4, -0.2) is 47.5 Å². The van der Waals surface area contributed by atoms with Gasteiger partial charge in [0.05, 0.1) is 6.04 Å². The van der Waals surface area contributed by atoms with Crippen molar-refractivity contribution in [3.05, 3.63) is 77.4 Å². The van der Waals surface area contributed by atoms with Crippen LogP contribution < -0.4 is 16.5 Å². The summed E-state index contributed by atoms with van der Waals surface area (Å²) < 4.78 is 5.74. The summed E-state index contributed by atoms with van der Waals surface area (Å²) in [4.78, 5) is 39.5. The minimum absolute atomic E-state index is 0.0776. The van der Waals surface area contributed by atoms with Crippen LogP contribution in [0.1, 0.15) is 62.0 Å². The second kappa shape index (κ2) is 13.3. The Kier molecular flexibility index (Phi) is 10.2. The van der Waals surface area contributed by atoms with Gasteiger partial charge in [0, 0.05) is 13.0 Å². The molecule has 0 unspecified atom stereocenters. The number of nitrogens with two attached hydrogens (primary N) is 1. The normalized spacial score (nSPS) is 17.8. The van der Waals surface area contributed by atoms with Crippen LogP contribution in [-0.2, 0) is 25.5 Å². The fourth-order valence-electron chi connectivity index (χ4n) is 4.41. The lowest BCUT2D eigenvalue weighted by atomic mass is 10.0. The molecule has 2 amide bonds. The minimum atomic E-state index is -0.836. The number of hydrazine groups is 1. The average Bonchev–Trinajstić information content (AvgIpc) is 2.91. The lowest BCUT2D eigenvalue weighted by molar-refractivity contribution is -0.157. The molecule has 0 spiro atoms. The van der Waals surface area contributed by atoms with Crippen molar-refractivity contribution in [2.24, 2.45) is 11.7 Å². The highest BCUT2D eigenvalue weighted by atomic mass is 16.5. The average molecular weight is 521 g/mol. The molecule has 2 aromatic rings. The maximum atomic E-state index is 13.6. The summed E-state index contributed by atoms with van der Waals surface area (Å²) in [7, 11) is 0. The van der Waals surface area contributed by atoms with Gasteiger partial charge in [-0.15, -0.1) is 0 Å². The molecule has 2 aromatic carbocycles. The van der Waals surface area contributed by atoms with E-state index in [2.05, 4.69) is 17.3 Å². The molecule has 3 rings (SSSR count). The third-order valence-electron chi connectivity index (χ3n) is 6.80. The van der Waals surface area contributed by atoms with Crippen molar-refractivity contribution in [2.75, 3.05) is 6.54 Å². The van der Waals surface area contributed by atoms with Crippen LogP contribution in [0.15, 0.2) is 55.1 Å². The zero-order chi connectivity index (χ0) is 27.8. The van der Waals surface area contributed by atoms with Crippen LogP contribution in [0.25, 0.3) is 6.08 Å². The van der Waals surface area contributed by atoms with Gasteiger partial charge in [-0.05, 0) is 55.4 Å². The number of esters is 1. The van der Waals surface area contributed by atoms with Gasteiger partial charge in [-0.1, -0.05) is 74.5 Å². The van der Waals surface area contributed by atoms with Crippen molar-refractivity contribution in [1.82, 2.24) is 15.8 Å². The van der Waals surface area contributed by atoms with E-state index in [4.69, 9.17) is 10.5 Å². The molecule has 0 bridgehead atoms. The van der Waals surface area contributed by atoms with E-state index in [0.717, 1.165) is 22.3 Å². The number of carbonyl (C=O) groups excluding carboxylic acids is 3. The number of aryl methyl sites for hydroxylation is 1. The van der Waals surface area contributed by atoms with Crippen LogP contribution in [0, 0.1) is 12.8 Å². The number of ether oxygens (including phenoxy) is 1. The van der Waals surface area contributed by atoms with E-state index < -0.39 is 30.2 Å². The molecule has 0 aromatic heterocycles. The highest BCUT2D eigenvalue weighted by Crippen LogP contribution is 2.21. The molecular formula is C30H40N4O4. The lowest BCUT2D eigenvalue weighted by Crippen LogP contribution is -2.61. The van der Waals surface area contributed by atoms with Crippen molar-refractivity contribution < 1.29 is 19.1 Å². The summed E-state index contributed by atoms with van der Waals surface area (Å²) in [5, 5.41) is 4.28. The van der Waals surface area contributed by atoms with Crippen LogP contribution in [0.4, 0.5) is 0 Å². The summed E-state index contributed by atoms with van der Waals surface area (Å²) in [6.45, 7) is 11.7. The van der Waals surface area contributed by atoms with E-state index in [-0.39, 0.29) is 17.7 Å². The fraction of sp³-hybridized carbons (Fsp3) is 0.433. The Morgan fingerprint density at radius 1 is 1.18 bits per heavy atom. The largest absolute Gasteiger partial charge is 0.457 e.